The topological polar surface area (TPSA) is 75.3 Å². The number of hydrogen-bond acceptors (Lipinski definition) is 3. The summed E-state index contributed by atoms with van der Waals surface area (Å²) in [6, 6.07) is -0.423. The molecule has 4 heteroatoms. The molecule has 1 saturated carbocycles. The van der Waals surface area contributed by atoms with Gasteiger partial charge in [0.1, 0.15) is 6.10 Å². The van der Waals surface area contributed by atoms with Crippen LogP contribution in [0.1, 0.15) is 38.5 Å². The number of rotatable bonds is 4. The van der Waals surface area contributed by atoms with Crippen molar-refractivity contribution in [1.82, 2.24) is 5.32 Å². The third-order valence-corrected chi connectivity index (χ3v) is 3.25. The molecule has 0 aromatic heterocycles. The number of nitrogens with one attached hydrogen (secondary N) is 1. The number of carbonyl (C=O) groups excluding carboxylic acids is 1. The normalized spacial score (nSPS) is 22.1. The molecule has 1 aliphatic rings. The molecule has 0 unspecified atom stereocenters. The first-order chi connectivity index (χ1) is 7.15. The van der Waals surface area contributed by atoms with E-state index in [1.54, 1.807) is 0 Å². The minimum atomic E-state index is -1.06. The molecule has 0 radical (unpaired) electrons. The highest BCUT2D eigenvalue weighted by molar-refractivity contribution is 5.80. The summed E-state index contributed by atoms with van der Waals surface area (Å²) < 4.78 is 0. The van der Waals surface area contributed by atoms with Crippen molar-refractivity contribution >= 4 is 5.91 Å². The lowest BCUT2D eigenvalue weighted by Crippen LogP contribution is -2.46. The van der Waals surface area contributed by atoms with E-state index in [1.807, 2.05) is 0 Å². The second-order valence-electron chi connectivity index (χ2n) is 4.46. The fourth-order valence-corrected chi connectivity index (χ4v) is 2.28. The van der Waals surface area contributed by atoms with Gasteiger partial charge in [-0.05, 0) is 12.3 Å². The van der Waals surface area contributed by atoms with Crippen molar-refractivity contribution in [3.8, 4) is 0 Å². The van der Waals surface area contributed by atoms with Crippen molar-refractivity contribution in [3.05, 3.63) is 0 Å². The molecule has 1 aliphatic carbocycles. The van der Waals surface area contributed by atoms with E-state index in [0.717, 1.165) is 6.42 Å². The Morgan fingerprint density at radius 1 is 1.47 bits per heavy atom. The Hall–Kier alpha value is -0.610. The monoisotopic (exact) mass is 214 g/mol. The molecule has 0 aromatic rings. The van der Waals surface area contributed by atoms with Gasteiger partial charge in [-0.2, -0.15) is 0 Å². The standard InChI is InChI=1S/C11H22N2O2/c1-13-11(15)10(14)9(12)7-8-5-3-2-4-6-8/h8-10,14H,2-7,12H2,1H3,(H,13,15)/t9-,10+/m0/s1. The van der Waals surface area contributed by atoms with E-state index in [1.165, 1.54) is 39.2 Å². The smallest absolute Gasteiger partial charge is 0.250 e. The summed E-state index contributed by atoms with van der Waals surface area (Å²) in [7, 11) is 1.51. The minimum absolute atomic E-state index is 0.377. The van der Waals surface area contributed by atoms with Crippen LogP contribution >= 0.6 is 0 Å². The third-order valence-electron chi connectivity index (χ3n) is 3.25. The molecule has 4 nitrogen and oxygen atoms in total. The maximum absolute atomic E-state index is 11.2. The number of carbonyl (C=O) groups is 1. The SMILES string of the molecule is CNC(=O)[C@H](O)[C@@H](N)CC1CCCCC1. The van der Waals surface area contributed by atoms with Gasteiger partial charge in [0.15, 0.2) is 0 Å². The van der Waals surface area contributed by atoms with Crippen LogP contribution in [0, 0.1) is 5.92 Å². The van der Waals surface area contributed by atoms with Crippen LogP contribution in [0.5, 0.6) is 0 Å². The number of hydrogen-bond donors (Lipinski definition) is 3. The summed E-state index contributed by atoms with van der Waals surface area (Å²) in [5, 5.41) is 12.0. The Bertz CT molecular complexity index is 203. The van der Waals surface area contributed by atoms with Crippen LogP contribution in [0.3, 0.4) is 0 Å². The maximum atomic E-state index is 11.2. The second-order valence-corrected chi connectivity index (χ2v) is 4.46. The number of amides is 1. The van der Waals surface area contributed by atoms with E-state index >= 15 is 0 Å². The van der Waals surface area contributed by atoms with Gasteiger partial charge in [-0.3, -0.25) is 4.79 Å². The molecule has 88 valence electrons. The quantitative estimate of drug-likeness (QED) is 0.633. The van der Waals surface area contributed by atoms with Crippen LogP contribution in [-0.4, -0.2) is 30.2 Å². The van der Waals surface area contributed by atoms with Crippen molar-refractivity contribution in [3.63, 3.8) is 0 Å². The average Bonchev–Trinajstić information content (AvgIpc) is 2.28. The first-order valence-electron chi connectivity index (χ1n) is 5.80. The Morgan fingerprint density at radius 3 is 2.60 bits per heavy atom. The molecule has 4 N–H and O–H groups in total. The van der Waals surface area contributed by atoms with Gasteiger partial charge >= 0.3 is 0 Å². The van der Waals surface area contributed by atoms with E-state index in [0.29, 0.717) is 5.92 Å². The molecule has 0 bridgehead atoms. The van der Waals surface area contributed by atoms with E-state index in [2.05, 4.69) is 5.32 Å². The number of likely N-dealkylation sites (N-methyl/N-ethyl adjacent to an activating group) is 1. The van der Waals surface area contributed by atoms with Gasteiger partial charge in [-0.25, -0.2) is 0 Å². The van der Waals surface area contributed by atoms with Gasteiger partial charge in [0.05, 0.1) is 0 Å². The molecule has 0 aromatic carbocycles. The predicted molar refractivity (Wildman–Crippen MR) is 59.2 cm³/mol. The lowest BCUT2D eigenvalue weighted by molar-refractivity contribution is -0.130. The Labute approximate surface area is 91.2 Å². The highest BCUT2D eigenvalue weighted by Crippen LogP contribution is 2.27. The maximum Gasteiger partial charge on any atom is 0.250 e. The highest BCUT2D eigenvalue weighted by atomic mass is 16.3. The summed E-state index contributed by atoms with van der Waals surface area (Å²) in [6.07, 6.45) is 5.90. The van der Waals surface area contributed by atoms with Crippen LogP contribution in [0.4, 0.5) is 0 Å². The van der Waals surface area contributed by atoms with Crippen LogP contribution in [0.25, 0.3) is 0 Å². The Kier molecular flexibility index (Phi) is 5.05. The third kappa shape index (κ3) is 3.80. The van der Waals surface area contributed by atoms with Gasteiger partial charge < -0.3 is 16.2 Å². The van der Waals surface area contributed by atoms with Gasteiger partial charge in [-0.15, -0.1) is 0 Å². The average molecular weight is 214 g/mol. The van der Waals surface area contributed by atoms with E-state index in [4.69, 9.17) is 5.73 Å². The van der Waals surface area contributed by atoms with Gasteiger partial charge in [-0.1, -0.05) is 32.1 Å². The molecule has 0 spiro atoms. The fraction of sp³-hybridized carbons (Fsp3) is 0.909. The molecule has 2 atom stereocenters. The van der Waals surface area contributed by atoms with Crippen molar-refractivity contribution in [1.29, 1.82) is 0 Å². The minimum Gasteiger partial charge on any atom is -0.382 e. The summed E-state index contributed by atoms with van der Waals surface area (Å²) in [4.78, 5) is 11.2. The Balaban J connectivity index is 2.32. The van der Waals surface area contributed by atoms with Crippen LogP contribution in [-0.2, 0) is 4.79 Å². The van der Waals surface area contributed by atoms with Crippen molar-refractivity contribution in [2.75, 3.05) is 7.05 Å². The summed E-state index contributed by atoms with van der Waals surface area (Å²) >= 11 is 0. The molecule has 15 heavy (non-hydrogen) atoms. The first-order valence-corrected chi connectivity index (χ1v) is 5.80. The molecular weight excluding hydrogens is 192 g/mol. The van der Waals surface area contributed by atoms with Gasteiger partial charge in [0.2, 0.25) is 5.91 Å². The Morgan fingerprint density at radius 2 is 2.07 bits per heavy atom. The molecular formula is C11H22N2O2. The largest absolute Gasteiger partial charge is 0.382 e. The summed E-state index contributed by atoms with van der Waals surface area (Å²) in [6.45, 7) is 0. The van der Waals surface area contributed by atoms with Crippen LogP contribution < -0.4 is 11.1 Å². The lowest BCUT2D eigenvalue weighted by atomic mass is 9.84. The number of aliphatic hydroxyl groups excluding tert-OH is 1. The predicted octanol–water partition coefficient (Wildman–Crippen LogP) is 0.391. The molecule has 1 amide bonds. The fourth-order valence-electron chi connectivity index (χ4n) is 2.28. The molecule has 0 saturated heterocycles. The van der Waals surface area contributed by atoms with Crippen molar-refractivity contribution < 1.29 is 9.90 Å². The molecule has 0 heterocycles. The van der Waals surface area contributed by atoms with Crippen molar-refractivity contribution in [2.24, 2.45) is 11.7 Å². The molecule has 1 fully saturated rings. The lowest BCUT2D eigenvalue weighted by Gasteiger charge is -2.26. The highest BCUT2D eigenvalue weighted by Gasteiger charge is 2.25. The first kappa shape index (κ1) is 12.5. The zero-order valence-corrected chi connectivity index (χ0v) is 9.41. The van der Waals surface area contributed by atoms with E-state index in [-0.39, 0.29) is 5.91 Å². The molecule has 1 rings (SSSR count). The number of nitrogens with two attached hydrogens (primary N) is 1. The van der Waals surface area contributed by atoms with Crippen molar-refractivity contribution in [2.45, 2.75) is 50.7 Å². The zero-order chi connectivity index (χ0) is 11.3. The second kappa shape index (κ2) is 6.08. The van der Waals surface area contributed by atoms with Gasteiger partial charge in [0, 0.05) is 13.1 Å². The summed E-state index contributed by atoms with van der Waals surface area (Å²) in [5.74, 6) is 0.214. The molecule has 0 aliphatic heterocycles. The van der Waals surface area contributed by atoms with E-state index in [9.17, 15) is 9.90 Å². The number of aliphatic hydroxyl groups is 1. The van der Waals surface area contributed by atoms with E-state index < -0.39 is 12.1 Å². The van der Waals surface area contributed by atoms with Gasteiger partial charge in [0.25, 0.3) is 0 Å². The van der Waals surface area contributed by atoms with Crippen LogP contribution in [0.2, 0.25) is 0 Å². The summed E-state index contributed by atoms with van der Waals surface area (Å²) in [5.41, 5.74) is 5.81. The van der Waals surface area contributed by atoms with Crippen LogP contribution in [0.15, 0.2) is 0 Å². The zero-order valence-electron chi connectivity index (χ0n) is 9.41.